The van der Waals surface area contributed by atoms with E-state index in [1.54, 1.807) is 0 Å². The molecule has 1 aromatic rings. The van der Waals surface area contributed by atoms with Crippen LogP contribution in [-0.4, -0.2) is 25.9 Å². The Morgan fingerprint density at radius 3 is 2.68 bits per heavy atom. The lowest BCUT2D eigenvalue weighted by atomic mass is 10.1. The molecule has 22 heavy (non-hydrogen) atoms. The lowest BCUT2D eigenvalue weighted by Gasteiger charge is -2.19. The maximum absolute atomic E-state index is 12.4. The summed E-state index contributed by atoms with van der Waals surface area (Å²) in [5.74, 6) is 0.0780. The molecule has 1 aliphatic rings. The zero-order valence-corrected chi connectivity index (χ0v) is 14.8. The van der Waals surface area contributed by atoms with Crippen molar-refractivity contribution < 1.29 is 13.3 Å². The molecule has 2 atom stereocenters. The second-order valence-electron chi connectivity index (χ2n) is 5.02. The minimum absolute atomic E-state index is 0. The summed E-state index contributed by atoms with van der Waals surface area (Å²) in [6.45, 7) is 0.398. The van der Waals surface area contributed by atoms with E-state index in [-0.39, 0.29) is 29.3 Å². The van der Waals surface area contributed by atoms with Crippen LogP contribution in [0.1, 0.15) is 19.3 Å². The number of hydrogen-bond acceptors (Lipinski definition) is 5. The van der Waals surface area contributed by atoms with Crippen molar-refractivity contribution in [2.75, 3.05) is 6.54 Å². The fourth-order valence-electron chi connectivity index (χ4n) is 2.60. The molecule has 0 heterocycles. The van der Waals surface area contributed by atoms with Crippen molar-refractivity contribution in [1.82, 2.24) is 4.72 Å². The summed E-state index contributed by atoms with van der Waals surface area (Å²) < 4.78 is 27.8. The molecule has 0 bridgehead atoms. The Kier molecular flexibility index (Phi) is 6.75. The zero-order valence-electron chi connectivity index (χ0n) is 11.6. The summed E-state index contributed by atoms with van der Waals surface area (Å²) in [5, 5.41) is 11.1. The third-order valence-corrected chi connectivity index (χ3v) is 5.71. The molecule has 0 saturated heterocycles. The molecular weight excluding hydrogens is 398 g/mol. The van der Waals surface area contributed by atoms with Gasteiger partial charge in [-0.25, -0.2) is 13.1 Å². The molecule has 0 aromatic heterocycles. The van der Waals surface area contributed by atoms with Crippen LogP contribution in [-0.2, 0) is 10.0 Å². The average molecular weight is 415 g/mol. The molecule has 1 saturated carbocycles. The summed E-state index contributed by atoms with van der Waals surface area (Å²) in [6.07, 6.45) is 2.47. The summed E-state index contributed by atoms with van der Waals surface area (Å²) in [7, 11) is -3.95. The van der Waals surface area contributed by atoms with Gasteiger partial charge in [0.2, 0.25) is 10.0 Å². The summed E-state index contributed by atoms with van der Waals surface area (Å²) in [5.41, 5.74) is 5.19. The molecule has 2 unspecified atom stereocenters. The number of halogens is 2. The Hall–Kier alpha value is -0.740. The van der Waals surface area contributed by atoms with Gasteiger partial charge in [-0.1, -0.05) is 22.4 Å². The number of nitro groups is 1. The molecular formula is C12H17BrClN3O4S. The van der Waals surface area contributed by atoms with Crippen LogP contribution in [0.25, 0.3) is 0 Å². The van der Waals surface area contributed by atoms with Crippen LogP contribution in [0, 0.1) is 16.0 Å². The minimum Gasteiger partial charge on any atom is -0.330 e. The summed E-state index contributed by atoms with van der Waals surface area (Å²) >= 11 is 3.10. The molecule has 0 amide bonds. The maximum atomic E-state index is 12.4. The average Bonchev–Trinajstić information content (AvgIpc) is 2.84. The van der Waals surface area contributed by atoms with Gasteiger partial charge in [-0.05, 0) is 37.4 Å². The smallest absolute Gasteiger partial charge is 0.290 e. The largest absolute Gasteiger partial charge is 0.330 e. The lowest BCUT2D eigenvalue weighted by molar-refractivity contribution is -0.387. The lowest BCUT2D eigenvalue weighted by Crippen LogP contribution is -2.39. The van der Waals surface area contributed by atoms with Crippen LogP contribution in [0.2, 0.25) is 0 Å². The molecule has 0 radical (unpaired) electrons. The third-order valence-electron chi connectivity index (χ3n) is 3.68. The van der Waals surface area contributed by atoms with Gasteiger partial charge >= 0.3 is 0 Å². The number of hydrogen-bond donors (Lipinski definition) is 2. The molecule has 3 N–H and O–H groups in total. The Bertz CT molecular complexity index is 656. The van der Waals surface area contributed by atoms with Gasteiger partial charge in [0.25, 0.3) is 5.69 Å². The fourth-order valence-corrected chi connectivity index (χ4v) is 4.44. The van der Waals surface area contributed by atoms with Crippen molar-refractivity contribution in [3.05, 3.63) is 32.8 Å². The van der Waals surface area contributed by atoms with Gasteiger partial charge in [-0.2, -0.15) is 0 Å². The number of nitrogens with one attached hydrogen (secondary N) is 1. The van der Waals surface area contributed by atoms with E-state index in [2.05, 4.69) is 20.7 Å². The highest BCUT2D eigenvalue weighted by Gasteiger charge is 2.33. The van der Waals surface area contributed by atoms with Crippen molar-refractivity contribution in [2.45, 2.75) is 30.2 Å². The minimum atomic E-state index is -3.95. The molecule has 1 fully saturated rings. The number of benzene rings is 1. The van der Waals surface area contributed by atoms with E-state index in [0.29, 0.717) is 17.4 Å². The van der Waals surface area contributed by atoms with E-state index in [4.69, 9.17) is 5.73 Å². The number of sulfonamides is 1. The molecule has 0 aliphatic heterocycles. The first-order valence-electron chi connectivity index (χ1n) is 6.51. The first kappa shape index (κ1) is 19.3. The van der Waals surface area contributed by atoms with E-state index in [1.807, 2.05) is 0 Å². The van der Waals surface area contributed by atoms with Crippen molar-refractivity contribution in [3.63, 3.8) is 0 Å². The van der Waals surface area contributed by atoms with Crippen LogP contribution >= 0.6 is 28.3 Å². The molecule has 7 nitrogen and oxygen atoms in total. The van der Waals surface area contributed by atoms with E-state index >= 15 is 0 Å². The first-order chi connectivity index (χ1) is 9.85. The van der Waals surface area contributed by atoms with E-state index in [1.165, 1.54) is 18.2 Å². The van der Waals surface area contributed by atoms with Crippen LogP contribution in [0.15, 0.2) is 27.6 Å². The fraction of sp³-hybridized carbons (Fsp3) is 0.500. The third kappa shape index (κ3) is 4.17. The standard InChI is InChI=1S/C12H16BrN3O4S.ClH/c13-9-4-5-12(11(6-9)16(17)18)21(19,20)15-10-3-1-2-8(10)7-14;/h4-6,8,10,15H,1-3,7,14H2;1H. The second-order valence-corrected chi connectivity index (χ2v) is 7.62. The molecule has 0 spiro atoms. The second kappa shape index (κ2) is 7.69. The van der Waals surface area contributed by atoms with Crippen LogP contribution < -0.4 is 10.5 Å². The molecule has 124 valence electrons. The van der Waals surface area contributed by atoms with Crippen LogP contribution in [0.5, 0.6) is 0 Å². The molecule has 1 aliphatic carbocycles. The Labute approximate surface area is 143 Å². The van der Waals surface area contributed by atoms with E-state index in [9.17, 15) is 18.5 Å². The topological polar surface area (TPSA) is 115 Å². The van der Waals surface area contributed by atoms with Crippen LogP contribution in [0.3, 0.4) is 0 Å². The van der Waals surface area contributed by atoms with Gasteiger partial charge in [-0.3, -0.25) is 10.1 Å². The van der Waals surface area contributed by atoms with Crippen molar-refractivity contribution >= 4 is 44.0 Å². The Balaban J connectivity index is 0.00000242. The predicted octanol–water partition coefficient (Wildman–Crippen LogP) is 2.18. The van der Waals surface area contributed by atoms with E-state index in [0.717, 1.165) is 12.8 Å². The van der Waals surface area contributed by atoms with E-state index < -0.39 is 20.6 Å². The molecule has 1 aromatic carbocycles. The maximum Gasteiger partial charge on any atom is 0.290 e. The van der Waals surface area contributed by atoms with Gasteiger partial charge < -0.3 is 5.73 Å². The molecule has 10 heteroatoms. The number of nitro benzene ring substituents is 1. The normalized spacial score (nSPS) is 21.4. The Morgan fingerprint density at radius 1 is 1.41 bits per heavy atom. The van der Waals surface area contributed by atoms with Crippen molar-refractivity contribution in [2.24, 2.45) is 11.7 Å². The molecule has 2 rings (SSSR count). The van der Waals surface area contributed by atoms with Gasteiger partial charge in [0.1, 0.15) is 0 Å². The van der Waals surface area contributed by atoms with Gasteiger partial charge in [-0.15, -0.1) is 12.4 Å². The highest BCUT2D eigenvalue weighted by atomic mass is 79.9. The highest BCUT2D eigenvalue weighted by Crippen LogP contribution is 2.30. The monoisotopic (exact) mass is 413 g/mol. The highest BCUT2D eigenvalue weighted by molar-refractivity contribution is 9.10. The van der Waals surface area contributed by atoms with Gasteiger partial charge in [0.05, 0.1) is 4.92 Å². The first-order valence-corrected chi connectivity index (χ1v) is 8.79. The summed E-state index contributed by atoms with van der Waals surface area (Å²) in [4.78, 5) is 10.0. The van der Waals surface area contributed by atoms with Crippen molar-refractivity contribution in [3.8, 4) is 0 Å². The quantitative estimate of drug-likeness (QED) is 0.566. The zero-order chi connectivity index (χ0) is 15.6. The van der Waals surface area contributed by atoms with Gasteiger partial charge in [0.15, 0.2) is 4.90 Å². The Morgan fingerprint density at radius 2 is 2.09 bits per heavy atom. The summed E-state index contributed by atoms with van der Waals surface area (Å²) in [6, 6.07) is 3.63. The number of nitrogens with two attached hydrogens (primary N) is 1. The predicted molar refractivity (Wildman–Crippen MR) is 88.5 cm³/mol. The van der Waals surface area contributed by atoms with Crippen molar-refractivity contribution in [1.29, 1.82) is 0 Å². The number of rotatable bonds is 5. The van der Waals surface area contributed by atoms with Crippen LogP contribution in [0.4, 0.5) is 5.69 Å². The number of nitrogens with zero attached hydrogens (tertiary/aromatic N) is 1. The van der Waals surface area contributed by atoms with Gasteiger partial charge in [0, 0.05) is 16.6 Å². The SMILES string of the molecule is Cl.NCC1CCCC1NS(=O)(=O)c1ccc(Br)cc1[N+](=O)[O-].